The van der Waals surface area contributed by atoms with E-state index in [2.05, 4.69) is 19.5 Å². The van der Waals surface area contributed by atoms with Crippen LogP contribution in [-0.4, -0.2) is 26.1 Å². The molecule has 1 aromatic rings. The molecule has 4 nitrogen and oxygen atoms in total. The minimum Gasteiger partial charge on any atom is -0.402 e. The molecule has 0 heterocycles. The Kier molecular flexibility index (Phi) is 5.93. The van der Waals surface area contributed by atoms with Gasteiger partial charge in [0.15, 0.2) is 11.5 Å². The van der Waals surface area contributed by atoms with E-state index in [9.17, 15) is 39.5 Å². The molecule has 0 amide bonds. The first kappa shape index (κ1) is 21.0. The molecule has 0 spiro atoms. The molecule has 1 N–H and O–H groups in total. The highest BCUT2D eigenvalue weighted by Crippen LogP contribution is 2.47. The molecular weight excluding hydrogens is 377 g/mol. The number of halogens is 9. The van der Waals surface area contributed by atoms with Crippen molar-refractivity contribution in [3.8, 4) is 17.2 Å². The van der Waals surface area contributed by atoms with E-state index in [0.29, 0.717) is 12.1 Å². The average molecular weight is 387 g/mol. The molecule has 0 saturated carbocycles. The molecule has 0 saturated heterocycles. The first-order valence-corrected chi connectivity index (χ1v) is 6.24. The Morgan fingerprint density at radius 3 is 1.60 bits per heavy atom. The van der Waals surface area contributed by atoms with Gasteiger partial charge < -0.3 is 19.5 Å². The van der Waals surface area contributed by atoms with Gasteiger partial charge in [0.2, 0.25) is 5.75 Å². The van der Waals surface area contributed by atoms with E-state index >= 15 is 0 Å². The lowest BCUT2D eigenvalue weighted by atomic mass is 10.1. The molecule has 144 valence electrons. The maximum absolute atomic E-state index is 12.5. The van der Waals surface area contributed by atoms with Gasteiger partial charge in [0.1, 0.15) is 0 Å². The molecule has 1 atom stereocenters. The zero-order valence-corrected chi connectivity index (χ0v) is 12.4. The monoisotopic (exact) mass is 387 g/mol. The summed E-state index contributed by atoms with van der Waals surface area (Å²) in [5.74, 6) is -5.15. The smallest absolute Gasteiger partial charge is 0.402 e. The predicted molar refractivity (Wildman–Crippen MR) is 64.0 cm³/mol. The molecule has 0 aliphatic carbocycles. The van der Waals surface area contributed by atoms with Crippen molar-refractivity contribution >= 4 is 0 Å². The Labute approximate surface area is 134 Å². The summed E-state index contributed by atoms with van der Waals surface area (Å²) < 4.78 is 122. The molecule has 1 unspecified atom stereocenters. The van der Waals surface area contributed by atoms with E-state index in [1.165, 1.54) is 14.0 Å². The van der Waals surface area contributed by atoms with Crippen LogP contribution in [0, 0.1) is 0 Å². The van der Waals surface area contributed by atoms with Crippen molar-refractivity contribution in [2.45, 2.75) is 32.1 Å². The highest BCUT2D eigenvalue weighted by Gasteiger charge is 2.42. The fraction of sp³-hybridized carbons (Fsp3) is 0.500. The number of benzene rings is 1. The Bertz CT molecular complexity index is 595. The van der Waals surface area contributed by atoms with Crippen molar-refractivity contribution in [2.75, 3.05) is 7.05 Å². The first-order chi connectivity index (χ1) is 11.1. The molecule has 1 rings (SSSR count). The number of nitrogens with one attached hydrogen (secondary N) is 1. The standard InChI is InChI=1S/C12H10F9NO3/c1-5(22-2)6-3-4-7(23-10(13,14)15)9(25-12(19,20)21)8(6)24-11(16,17)18/h3-5,22H,1-2H3. The van der Waals surface area contributed by atoms with E-state index in [-0.39, 0.29) is 0 Å². The number of ether oxygens (including phenoxy) is 3. The van der Waals surface area contributed by atoms with Gasteiger partial charge in [-0.25, -0.2) is 0 Å². The molecule has 0 aromatic heterocycles. The van der Waals surface area contributed by atoms with Crippen LogP contribution >= 0.6 is 0 Å². The van der Waals surface area contributed by atoms with Gasteiger partial charge in [-0.2, -0.15) is 0 Å². The van der Waals surface area contributed by atoms with Crippen molar-refractivity contribution < 1.29 is 53.7 Å². The van der Waals surface area contributed by atoms with Gasteiger partial charge in [-0.1, -0.05) is 0 Å². The topological polar surface area (TPSA) is 39.7 Å². The third kappa shape index (κ3) is 6.76. The fourth-order valence-corrected chi connectivity index (χ4v) is 1.69. The zero-order valence-electron chi connectivity index (χ0n) is 12.4. The Morgan fingerprint density at radius 2 is 1.20 bits per heavy atom. The highest BCUT2D eigenvalue weighted by molar-refractivity contribution is 5.57. The Balaban J connectivity index is 3.62. The minimum atomic E-state index is -5.60. The molecule has 0 radical (unpaired) electrons. The maximum atomic E-state index is 12.5. The Morgan fingerprint density at radius 1 is 0.760 bits per heavy atom. The van der Waals surface area contributed by atoms with Crippen molar-refractivity contribution in [1.29, 1.82) is 0 Å². The van der Waals surface area contributed by atoms with Crippen molar-refractivity contribution in [2.24, 2.45) is 0 Å². The maximum Gasteiger partial charge on any atom is 0.573 e. The third-order valence-electron chi connectivity index (χ3n) is 2.67. The lowest BCUT2D eigenvalue weighted by Gasteiger charge is -2.23. The summed E-state index contributed by atoms with van der Waals surface area (Å²) in [6, 6.07) is 0.0564. The molecule has 0 fully saturated rings. The van der Waals surface area contributed by atoms with Crippen LogP contribution in [-0.2, 0) is 0 Å². The average Bonchev–Trinajstić information content (AvgIpc) is 2.37. The largest absolute Gasteiger partial charge is 0.573 e. The SMILES string of the molecule is CNC(C)c1ccc(OC(F)(F)F)c(OC(F)(F)F)c1OC(F)(F)F. The fourth-order valence-electron chi connectivity index (χ4n) is 1.69. The predicted octanol–water partition coefficient (Wildman–Crippen LogP) is 4.66. The van der Waals surface area contributed by atoms with Crippen molar-refractivity contribution in [3.05, 3.63) is 17.7 Å². The second-order valence-corrected chi connectivity index (χ2v) is 4.46. The van der Waals surface area contributed by atoms with Crippen LogP contribution in [0.5, 0.6) is 17.2 Å². The number of hydrogen-bond donors (Lipinski definition) is 1. The molecule has 1 aromatic carbocycles. The lowest BCUT2D eigenvalue weighted by molar-refractivity contribution is -0.293. The van der Waals surface area contributed by atoms with Crippen molar-refractivity contribution in [3.63, 3.8) is 0 Å². The molecule has 0 bridgehead atoms. The van der Waals surface area contributed by atoms with E-state index in [1.54, 1.807) is 0 Å². The summed E-state index contributed by atoms with van der Waals surface area (Å²) in [6.45, 7) is 1.24. The van der Waals surface area contributed by atoms with Gasteiger partial charge in [0, 0.05) is 11.6 Å². The summed E-state index contributed by atoms with van der Waals surface area (Å²) >= 11 is 0. The number of hydrogen-bond acceptors (Lipinski definition) is 4. The van der Waals surface area contributed by atoms with Crippen LogP contribution in [0.4, 0.5) is 39.5 Å². The second-order valence-electron chi connectivity index (χ2n) is 4.46. The van der Waals surface area contributed by atoms with Crippen LogP contribution in [0.2, 0.25) is 0 Å². The van der Waals surface area contributed by atoms with Crippen LogP contribution in [0.15, 0.2) is 12.1 Å². The second kappa shape index (κ2) is 7.06. The van der Waals surface area contributed by atoms with Crippen LogP contribution in [0.3, 0.4) is 0 Å². The van der Waals surface area contributed by atoms with E-state index in [4.69, 9.17) is 0 Å². The van der Waals surface area contributed by atoms with Gasteiger partial charge >= 0.3 is 19.1 Å². The first-order valence-electron chi connectivity index (χ1n) is 6.24. The van der Waals surface area contributed by atoms with Crippen LogP contribution in [0.1, 0.15) is 18.5 Å². The minimum absolute atomic E-state index is 0.390. The van der Waals surface area contributed by atoms with Crippen LogP contribution < -0.4 is 19.5 Å². The van der Waals surface area contributed by atoms with E-state index in [0.717, 1.165) is 0 Å². The van der Waals surface area contributed by atoms with Crippen LogP contribution in [0.25, 0.3) is 0 Å². The summed E-state index contributed by atoms with van der Waals surface area (Å²) in [7, 11) is 1.26. The highest BCUT2D eigenvalue weighted by atomic mass is 19.4. The Hall–Kier alpha value is -2.05. The lowest BCUT2D eigenvalue weighted by Crippen LogP contribution is -2.25. The number of rotatable bonds is 5. The summed E-state index contributed by atoms with van der Waals surface area (Å²) in [6.07, 6.45) is -16.6. The molecule has 13 heteroatoms. The molecule has 25 heavy (non-hydrogen) atoms. The van der Waals surface area contributed by atoms with Gasteiger partial charge in [0.25, 0.3) is 0 Å². The van der Waals surface area contributed by atoms with E-state index in [1.807, 2.05) is 0 Å². The van der Waals surface area contributed by atoms with Crippen molar-refractivity contribution in [1.82, 2.24) is 5.32 Å². The summed E-state index contributed by atoms with van der Waals surface area (Å²) in [5.41, 5.74) is -0.534. The normalized spacial score (nSPS) is 14.2. The third-order valence-corrected chi connectivity index (χ3v) is 2.67. The van der Waals surface area contributed by atoms with Gasteiger partial charge in [0.05, 0.1) is 0 Å². The molecular formula is C12H10F9NO3. The van der Waals surface area contributed by atoms with Gasteiger partial charge in [-0.15, -0.1) is 39.5 Å². The molecule has 0 aliphatic heterocycles. The zero-order chi connectivity index (χ0) is 19.6. The summed E-state index contributed by atoms with van der Waals surface area (Å²) in [5, 5.41) is 2.42. The quantitative estimate of drug-likeness (QED) is 0.746. The van der Waals surface area contributed by atoms with Gasteiger partial charge in [-0.3, -0.25) is 0 Å². The van der Waals surface area contributed by atoms with Gasteiger partial charge in [-0.05, 0) is 26.1 Å². The number of alkyl halides is 9. The van der Waals surface area contributed by atoms with E-state index < -0.39 is 47.9 Å². The summed E-state index contributed by atoms with van der Waals surface area (Å²) in [4.78, 5) is 0. The molecule has 0 aliphatic rings.